The summed E-state index contributed by atoms with van der Waals surface area (Å²) in [7, 11) is 0. The van der Waals surface area contributed by atoms with Crippen molar-refractivity contribution in [1.82, 2.24) is 15.0 Å². The molecule has 0 aliphatic heterocycles. The summed E-state index contributed by atoms with van der Waals surface area (Å²) in [5.41, 5.74) is 2.39. The number of hydrogen-bond acceptors (Lipinski definition) is 3. The third kappa shape index (κ3) is 3.25. The molecule has 3 aromatic heterocycles. The van der Waals surface area contributed by atoms with Crippen molar-refractivity contribution in [2.45, 2.75) is 36.8 Å². The van der Waals surface area contributed by atoms with Gasteiger partial charge >= 0.3 is 6.18 Å². The van der Waals surface area contributed by atoms with Gasteiger partial charge in [0.05, 0.1) is 11.3 Å². The number of halogens is 3. The molecular weight excluding hydrogens is 347 g/mol. The molecule has 1 saturated carbocycles. The number of hydrogen-bond donors (Lipinski definition) is 1. The fourth-order valence-corrected chi connectivity index (χ4v) is 3.70. The molecule has 1 aliphatic rings. The van der Waals surface area contributed by atoms with Crippen LogP contribution >= 0.6 is 11.8 Å². The first-order chi connectivity index (χ1) is 12.0. The smallest absolute Gasteiger partial charge is 0.338 e. The molecule has 1 fully saturated rings. The number of aromatic amines is 1. The molecule has 0 atom stereocenters. The van der Waals surface area contributed by atoms with E-state index in [-0.39, 0.29) is 0 Å². The van der Waals surface area contributed by atoms with Crippen LogP contribution in [0.4, 0.5) is 13.2 Å². The Labute approximate surface area is 147 Å². The minimum Gasteiger partial charge on any atom is -0.338 e. The largest absolute Gasteiger partial charge is 0.417 e. The van der Waals surface area contributed by atoms with E-state index in [1.807, 2.05) is 6.20 Å². The summed E-state index contributed by atoms with van der Waals surface area (Å²) in [6.45, 7) is 2.07. The Bertz CT molecular complexity index is 929. The number of nitrogens with zero attached hydrogens (tertiary/aromatic N) is 2. The fraction of sp³-hybridized carbons (Fsp3) is 0.333. The van der Waals surface area contributed by atoms with Crippen LogP contribution in [0.5, 0.6) is 0 Å². The van der Waals surface area contributed by atoms with Crippen molar-refractivity contribution in [2.24, 2.45) is 0 Å². The molecule has 4 rings (SSSR count). The van der Waals surface area contributed by atoms with Crippen molar-refractivity contribution >= 4 is 22.8 Å². The van der Waals surface area contributed by atoms with Gasteiger partial charge in [-0.05, 0) is 48.3 Å². The van der Waals surface area contributed by atoms with Gasteiger partial charge in [0.2, 0.25) is 0 Å². The quantitative estimate of drug-likeness (QED) is 0.611. The number of aromatic nitrogens is 3. The molecule has 3 aromatic rings. The third-order valence-corrected chi connectivity index (χ3v) is 5.19. The molecular formula is C18H16F3N3S. The van der Waals surface area contributed by atoms with Gasteiger partial charge in [-0.15, -0.1) is 11.8 Å². The van der Waals surface area contributed by atoms with Crippen LogP contribution in [-0.2, 0) is 6.18 Å². The summed E-state index contributed by atoms with van der Waals surface area (Å²) in [5.74, 6) is 1.51. The van der Waals surface area contributed by atoms with E-state index in [0.29, 0.717) is 22.6 Å². The van der Waals surface area contributed by atoms with Gasteiger partial charge in [-0.3, -0.25) is 4.98 Å². The van der Waals surface area contributed by atoms with Crippen molar-refractivity contribution in [2.75, 3.05) is 5.75 Å². The molecule has 0 amide bonds. The molecule has 0 unspecified atom stereocenters. The molecule has 3 nitrogen and oxygen atoms in total. The highest BCUT2D eigenvalue weighted by Crippen LogP contribution is 2.42. The lowest BCUT2D eigenvalue weighted by molar-refractivity contribution is -0.137. The highest BCUT2D eigenvalue weighted by molar-refractivity contribution is 7.99. The monoisotopic (exact) mass is 363 g/mol. The van der Waals surface area contributed by atoms with Crippen molar-refractivity contribution in [1.29, 1.82) is 0 Å². The maximum Gasteiger partial charge on any atom is 0.417 e. The lowest BCUT2D eigenvalue weighted by Gasteiger charge is -2.08. The summed E-state index contributed by atoms with van der Waals surface area (Å²) in [4.78, 5) is 12.7. The number of alkyl halides is 3. The van der Waals surface area contributed by atoms with E-state index in [1.165, 1.54) is 18.4 Å². The maximum atomic E-state index is 12.9. The molecule has 0 saturated heterocycles. The van der Waals surface area contributed by atoms with Crippen molar-refractivity contribution < 1.29 is 13.2 Å². The predicted octanol–water partition coefficient (Wildman–Crippen LogP) is 5.63. The summed E-state index contributed by atoms with van der Waals surface area (Å²) < 4.78 is 38.6. The Morgan fingerprint density at radius 3 is 2.64 bits per heavy atom. The number of H-pyrrole nitrogens is 1. The fourth-order valence-electron chi connectivity index (χ4n) is 2.87. The summed E-state index contributed by atoms with van der Waals surface area (Å²) in [6, 6.07) is 4.97. The summed E-state index contributed by atoms with van der Waals surface area (Å²) in [5, 5.41) is 0.436. The summed E-state index contributed by atoms with van der Waals surface area (Å²) in [6.07, 6.45) is 0.744. The second-order valence-corrected chi connectivity index (χ2v) is 7.47. The zero-order valence-corrected chi connectivity index (χ0v) is 14.3. The van der Waals surface area contributed by atoms with E-state index in [2.05, 4.69) is 27.9 Å². The van der Waals surface area contributed by atoms with Crippen LogP contribution in [-0.4, -0.2) is 20.7 Å². The number of thioether (sulfide) groups is 1. The first kappa shape index (κ1) is 16.4. The van der Waals surface area contributed by atoms with Crippen LogP contribution in [0, 0.1) is 0 Å². The molecule has 1 N–H and O–H groups in total. The zero-order valence-electron chi connectivity index (χ0n) is 13.5. The predicted molar refractivity (Wildman–Crippen MR) is 92.7 cm³/mol. The average Bonchev–Trinajstić information content (AvgIpc) is 3.33. The Morgan fingerprint density at radius 2 is 1.96 bits per heavy atom. The summed E-state index contributed by atoms with van der Waals surface area (Å²) >= 11 is 1.69. The van der Waals surface area contributed by atoms with Crippen molar-refractivity contribution in [3.8, 4) is 11.4 Å². The van der Waals surface area contributed by atoms with Crippen LogP contribution < -0.4 is 0 Å². The molecule has 3 heterocycles. The van der Waals surface area contributed by atoms with Gasteiger partial charge in [0.15, 0.2) is 0 Å². The van der Waals surface area contributed by atoms with Crippen LogP contribution in [0.2, 0.25) is 0 Å². The number of fused-ring (bicyclic) bond motifs is 1. The topological polar surface area (TPSA) is 41.6 Å². The lowest BCUT2D eigenvalue weighted by Crippen LogP contribution is -2.04. The van der Waals surface area contributed by atoms with E-state index in [4.69, 9.17) is 0 Å². The number of rotatable bonds is 4. The minimum absolute atomic E-state index is 0.434. The maximum absolute atomic E-state index is 12.9. The Balaban J connectivity index is 1.78. The zero-order chi connectivity index (χ0) is 17.6. The van der Waals surface area contributed by atoms with Crippen LogP contribution in [0.1, 0.15) is 36.8 Å². The molecule has 7 heteroatoms. The van der Waals surface area contributed by atoms with Crippen molar-refractivity contribution in [3.05, 3.63) is 41.7 Å². The SMILES string of the molecule is CCSc1cc(C2CC2)cnc1-c1cc2cc(C(F)(F)F)cnc2[nH]1. The van der Waals surface area contributed by atoms with Gasteiger partial charge in [0.25, 0.3) is 0 Å². The Morgan fingerprint density at radius 1 is 1.16 bits per heavy atom. The average molecular weight is 363 g/mol. The number of nitrogens with one attached hydrogen (secondary N) is 1. The van der Waals surface area contributed by atoms with Gasteiger partial charge in [-0.2, -0.15) is 13.2 Å². The van der Waals surface area contributed by atoms with Gasteiger partial charge < -0.3 is 4.98 Å². The minimum atomic E-state index is -4.40. The van der Waals surface area contributed by atoms with Gasteiger partial charge in [0, 0.05) is 22.7 Å². The van der Waals surface area contributed by atoms with E-state index >= 15 is 0 Å². The van der Waals surface area contributed by atoms with Crippen LogP contribution in [0.25, 0.3) is 22.4 Å². The van der Waals surface area contributed by atoms with E-state index in [1.54, 1.807) is 17.8 Å². The van der Waals surface area contributed by atoms with Gasteiger partial charge in [0.1, 0.15) is 11.3 Å². The van der Waals surface area contributed by atoms with E-state index < -0.39 is 11.7 Å². The van der Waals surface area contributed by atoms with E-state index in [9.17, 15) is 13.2 Å². The highest BCUT2D eigenvalue weighted by Gasteiger charge is 2.31. The standard InChI is InChI=1S/C18H16F3N3S/c1-2-25-15-7-12(10-3-4-10)8-22-16(15)14-6-11-5-13(18(19,20)21)9-23-17(11)24-14/h5-10H,2-4H2,1H3,(H,23,24). The van der Waals surface area contributed by atoms with E-state index in [0.717, 1.165) is 28.6 Å². The molecule has 130 valence electrons. The second-order valence-electron chi connectivity index (χ2n) is 6.17. The van der Waals surface area contributed by atoms with Crippen molar-refractivity contribution in [3.63, 3.8) is 0 Å². The Kier molecular flexibility index (Phi) is 3.98. The molecule has 0 spiro atoms. The van der Waals surface area contributed by atoms with Gasteiger partial charge in [-0.25, -0.2) is 4.98 Å². The molecule has 0 bridgehead atoms. The number of pyridine rings is 2. The van der Waals surface area contributed by atoms with Gasteiger partial charge in [-0.1, -0.05) is 6.92 Å². The highest BCUT2D eigenvalue weighted by atomic mass is 32.2. The lowest BCUT2D eigenvalue weighted by atomic mass is 10.1. The normalized spacial score (nSPS) is 15.0. The van der Waals surface area contributed by atoms with Crippen LogP contribution in [0.3, 0.4) is 0 Å². The first-order valence-corrected chi connectivity index (χ1v) is 9.13. The second kappa shape index (κ2) is 6.05. The molecule has 25 heavy (non-hydrogen) atoms. The molecule has 0 radical (unpaired) electrons. The molecule has 0 aromatic carbocycles. The Hall–Kier alpha value is -2.02. The first-order valence-electron chi connectivity index (χ1n) is 8.15. The van der Waals surface area contributed by atoms with Crippen LogP contribution in [0.15, 0.2) is 35.5 Å². The third-order valence-electron chi connectivity index (χ3n) is 4.28. The molecule has 1 aliphatic carbocycles.